The molecule has 0 bridgehead atoms. The highest BCUT2D eigenvalue weighted by atomic mass is 32.2. The molecule has 0 atom stereocenters. The van der Waals surface area contributed by atoms with Gasteiger partial charge in [0.25, 0.3) is 5.75 Å². The Bertz CT molecular complexity index is 500. The van der Waals surface area contributed by atoms with E-state index in [9.17, 15) is 22.9 Å². The predicted octanol–water partition coefficient (Wildman–Crippen LogP) is 0.316. The van der Waals surface area contributed by atoms with Crippen LogP contribution in [0.1, 0.15) is 0 Å². The number of nitro groups is 1. The maximum absolute atomic E-state index is 13.0. The molecule has 1 aromatic rings. The SMILES string of the molecule is NS(=O)(=O)Oc1c(F)cccc1[N+](=O)[O-]. The summed E-state index contributed by atoms with van der Waals surface area (Å²) in [7, 11) is -4.50. The molecular weight excluding hydrogens is 231 g/mol. The van der Waals surface area contributed by atoms with Crippen LogP contribution in [0.5, 0.6) is 5.75 Å². The fourth-order valence-electron chi connectivity index (χ4n) is 0.840. The van der Waals surface area contributed by atoms with Crippen molar-refractivity contribution in [2.75, 3.05) is 0 Å². The summed E-state index contributed by atoms with van der Waals surface area (Å²) in [6.07, 6.45) is 0. The number of nitrogens with two attached hydrogens (primary N) is 1. The lowest BCUT2D eigenvalue weighted by molar-refractivity contribution is -0.385. The molecule has 0 aliphatic carbocycles. The highest BCUT2D eigenvalue weighted by Gasteiger charge is 2.23. The summed E-state index contributed by atoms with van der Waals surface area (Å²) in [5, 5.41) is 14.8. The van der Waals surface area contributed by atoms with E-state index in [0.29, 0.717) is 0 Å². The molecule has 0 aromatic heterocycles. The minimum absolute atomic E-state index is 0.813. The first-order valence-electron chi connectivity index (χ1n) is 3.46. The lowest BCUT2D eigenvalue weighted by Crippen LogP contribution is -2.20. The molecule has 0 unspecified atom stereocenters. The molecule has 9 heteroatoms. The standard InChI is InChI=1S/C6H5FN2O5S/c7-4-2-1-3-5(9(10)11)6(4)14-15(8,12)13/h1-3H,(H2,8,12,13). The van der Waals surface area contributed by atoms with Gasteiger partial charge < -0.3 is 4.18 Å². The Morgan fingerprint density at radius 3 is 2.53 bits per heavy atom. The highest BCUT2D eigenvalue weighted by Crippen LogP contribution is 2.30. The number of para-hydroxylation sites is 1. The zero-order valence-corrected chi connectivity index (χ0v) is 7.90. The van der Waals surface area contributed by atoms with Crippen molar-refractivity contribution in [2.45, 2.75) is 0 Å². The number of hydrogen-bond donors (Lipinski definition) is 1. The van der Waals surface area contributed by atoms with Crippen LogP contribution >= 0.6 is 0 Å². The Morgan fingerprint density at radius 1 is 1.47 bits per heavy atom. The van der Waals surface area contributed by atoms with Crippen LogP contribution in [0, 0.1) is 15.9 Å². The Kier molecular flexibility index (Phi) is 2.86. The first kappa shape index (κ1) is 11.3. The summed E-state index contributed by atoms with van der Waals surface area (Å²) in [6, 6.07) is 2.75. The van der Waals surface area contributed by atoms with Crippen molar-refractivity contribution in [1.29, 1.82) is 0 Å². The largest absolute Gasteiger partial charge is 0.380 e. The van der Waals surface area contributed by atoms with E-state index in [1.165, 1.54) is 0 Å². The minimum Gasteiger partial charge on any atom is -0.360 e. The lowest BCUT2D eigenvalue weighted by Gasteiger charge is -2.03. The van der Waals surface area contributed by atoms with Crippen LogP contribution in [0.15, 0.2) is 18.2 Å². The molecule has 1 rings (SSSR count). The van der Waals surface area contributed by atoms with E-state index in [-0.39, 0.29) is 0 Å². The van der Waals surface area contributed by atoms with E-state index >= 15 is 0 Å². The average Bonchev–Trinajstić information content (AvgIpc) is 2.05. The molecule has 0 spiro atoms. The van der Waals surface area contributed by atoms with E-state index in [1.807, 2.05) is 0 Å². The van der Waals surface area contributed by atoms with Crippen LogP contribution in [0.3, 0.4) is 0 Å². The Balaban J connectivity index is 3.32. The van der Waals surface area contributed by atoms with E-state index in [1.54, 1.807) is 0 Å². The Labute approximate surface area is 83.7 Å². The molecule has 15 heavy (non-hydrogen) atoms. The van der Waals surface area contributed by atoms with Crippen molar-refractivity contribution in [1.82, 2.24) is 0 Å². The Hall–Kier alpha value is -1.74. The van der Waals surface area contributed by atoms with Gasteiger partial charge in [-0.15, -0.1) is 0 Å². The van der Waals surface area contributed by atoms with Crippen molar-refractivity contribution in [2.24, 2.45) is 5.14 Å². The van der Waals surface area contributed by atoms with Crippen molar-refractivity contribution >= 4 is 16.0 Å². The molecule has 0 radical (unpaired) electrons. The fourth-order valence-corrected chi connectivity index (χ4v) is 1.24. The van der Waals surface area contributed by atoms with Gasteiger partial charge in [-0.3, -0.25) is 10.1 Å². The number of halogens is 1. The predicted molar refractivity (Wildman–Crippen MR) is 46.8 cm³/mol. The molecule has 0 aliphatic heterocycles. The third-order valence-electron chi connectivity index (χ3n) is 1.34. The molecule has 0 saturated carbocycles. The van der Waals surface area contributed by atoms with Crippen molar-refractivity contribution in [3.8, 4) is 5.75 Å². The average molecular weight is 236 g/mol. The van der Waals surface area contributed by atoms with Crippen molar-refractivity contribution in [3.63, 3.8) is 0 Å². The van der Waals surface area contributed by atoms with Crippen LogP contribution < -0.4 is 9.32 Å². The van der Waals surface area contributed by atoms with Gasteiger partial charge in [-0.1, -0.05) is 6.07 Å². The second-order valence-corrected chi connectivity index (χ2v) is 3.57. The van der Waals surface area contributed by atoms with Gasteiger partial charge in [0, 0.05) is 6.07 Å². The van der Waals surface area contributed by atoms with Crippen molar-refractivity contribution < 1.29 is 21.9 Å². The quantitative estimate of drug-likeness (QED) is 0.599. The highest BCUT2D eigenvalue weighted by molar-refractivity contribution is 7.84. The first-order chi connectivity index (χ1) is 6.81. The van der Waals surface area contributed by atoms with Gasteiger partial charge in [0.1, 0.15) is 0 Å². The van der Waals surface area contributed by atoms with Crippen molar-refractivity contribution in [3.05, 3.63) is 34.1 Å². The van der Waals surface area contributed by atoms with Gasteiger partial charge in [0.15, 0.2) is 5.82 Å². The van der Waals surface area contributed by atoms with Gasteiger partial charge in [0.05, 0.1) is 4.92 Å². The summed E-state index contributed by atoms with van der Waals surface area (Å²) >= 11 is 0. The Morgan fingerprint density at radius 2 is 2.07 bits per heavy atom. The number of nitro benzene ring substituents is 1. The van der Waals surface area contributed by atoms with Gasteiger partial charge in [-0.05, 0) is 6.07 Å². The number of nitrogens with zero attached hydrogens (tertiary/aromatic N) is 1. The molecule has 0 amide bonds. The molecule has 7 nitrogen and oxygen atoms in total. The molecule has 82 valence electrons. The first-order valence-corrected chi connectivity index (χ1v) is 4.93. The molecule has 0 aliphatic rings. The topological polar surface area (TPSA) is 113 Å². The number of rotatable bonds is 3. The van der Waals surface area contributed by atoms with Crippen LogP contribution in [0.25, 0.3) is 0 Å². The number of hydrogen-bond acceptors (Lipinski definition) is 5. The second-order valence-electron chi connectivity index (χ2n) is 2.42. The van der Waals surface area contributed by atoms with Gasteiger partial charge in [-0.25, -0.2) is 4.39 Å². The zero-order chi connectivity index (χ0) is 11.6. The monoisotopic (exact) mass is 236 g/mol. The maximum atomic E-state index is 13.0. The number of benzene rings is 1. The third-order valence-corrected chi connectivity index (χ3v) is 1.74. The van der Waals surface area contributed by atoms with E-state index in [0.717, 1.165) is 18.2 Å². The maximum Gasteiger partial charge on any atom is 0.380 e. The molecular formula is C6H5FN2O5S. The van der Waals surface area contributed by atoms with Crippen LogP contribution in [0.2, 0.25) is 0 Å². The summed E-state index contributed by atoms with van der Waals surface area (Å²) in [5.74, 6) is -2.21. The van der Waals surface area contributed by atoms with Gasteiger partial charge in [-0.2, -0.15) is 13.6 Å². The third kappa shape index (κ3) is 2.86. The van der Waals surface area contributed by atoms with E-state index < -0.39 is 32.5 Å². The normalized spacial score (nSPS) is 11.1. The summed E-state index contributed by atoms with van der Waals surface area (Å²) in [5.41, 5.74) is -0.816. The molecule has 2 N–H and O–H groups in total. The van der Waals surface area contributed by atoms with Crippen LogP contribution in [-0.2, 0) is 10.3 Å². The second kappa shape index (κ2) is 3.79. The van der Waals surface area contributed by atoms with Gasteiger partial charge >= 0.3 is 16.0 Å². The summed E-state index contributed by atoms with van der Waals surface area (Å²) in [6.45, 7) is 0. The molecule has 0 fully saturated rings. The smallest absolute Gasteiger partial charge is 0.360 e. The zero-order valence-electron chi connectivity index (χ0n) is 7.08. The molecule has 0 saturated heterocycles. The summed E-state index contributed by atoms with van der Waals surface area (Å²) < 4.78 is 37.9. The summed E-state index contributed by atoms with van der Waals surface area (Å²) in [4.78, 5) is 9.40. The van der Waals surface area contributed by atoms with Gasteiger partial charge in [0.2, 0.25) is 0 Å². The lowest BCUT2D eigenvalue weighted by atomic mass is 10.3. The van der Waals surface area contributed by atoms with Crippen LogP contribution in [-0.4, -0.2) is 13.3 Å². The molecule has 0 heterocycles. The fraction of sp³-hybridized carbons (Fsp3) is 0. The van der Waals surface area contributed by atoms with E-state index in [4.69, 9.17) is 0 Å². The van der Waals surface area contributed by atoms with E-state index in [2.05, 4.69) is 9.32 Å². The minimum atomic E-state index is -4.50. The molecule has 1 aromatic carbocycles. The van der Waals surface area contributed by atoms with Crippen LogP contribution in [0.4, 0.5) is 10.1 Å².